The van der Waals surface area contributed by atoms with Gasteiger partial charge in [-0.15, -0.1) is 0 Å². The van der Waals surface area contributed by atoms with Gasteiger partial charge in [-0.1, -0.05) is 48.0 Å². The highest BCUT2D eigenvalue weighted by molar-refractivity contribution is 6.36. The third-order valence-electron chi connectivity index (χ3n) is 9.18. The van der Waals surface area contributed by atoms with Gasteiger partial charge >= 0.3 is 5.97 Å². The lowest BCUT2D eigenvalue weighted by molar-refractivity contribution is -0.143. The summed E-state index contributed by atoms with van der Waals surface area (Å²) in [6, 6.07) is 18.3. The number of hydrogen-bond donors (Lipinski definition) is 3. The second-order valence-electron chi connectivity index (χ2n) is 12.5. The molecular formula is C37H39ClN6O4. The number of piperidine rings is 1. The van der Waals surface area contributed by atoms with Crippen LogP contribution < -0.4 is 10.6 Å². The number of aliphatic carboxylic acids is 1. The first-order chi connectivity index (χ1) is 23.2. The Labute approximate surface area is 285 Å². The zero-order chi connectivity index (χ0) is 33.6. The number of rotatable bonds is 10. The number of benzene rings is 2. The average molecular weight is 667 g/mol. The number of hydrogen-bond acceptors (Lipinski definition) is 7. The topological polar surface area (TPSA) is 128 Å². The van der Waals surface area contributed by atoms with Crippen LogP contribution in [0.5, 0.6) is 0 Å². The van der Waals surface area contributed by atoms with Gasteiger partial charge in [0.2, 0.25) is 0 Å². The van der Waals surface area contributed by atoms with Crippen LogP contribution in [-0.4, -0.2) is 68.8 Å². The van der Waals surface area contributed by atoms with Gasteiger partial charge in [0, 0.05) is 36.7 Å². The predicted molar refractivity (Wildman–Crippen MR) is 186 cm³/mol. The number of carboxylic acid groups (broad SMARTS) is 1. The van der Waals surface area contributed by atoms with Gasteiger partial charge in [-0.25, -0.2) is 0 Å². The Morgan fingerprint density at radius 3 is 1.81 bits per heavy atom. The number of halogens is 1. The van der Waals surface area contributed by atoms with Gasteiger partial charge in [-0.3, -0.25) is 34.2 Å². The number of anilines is 2. The molecule has 6 rings (SSSR count). The van der Waals surface area contributed by atoms with E-state index in [1.165, 1.54) is 12.8 Å². The molecule has 4 heterocycles. The Bertz CT molecular complexity index is 1780. The molecule has 0 aliphatic carbocycles. The lowest BCUT2D eigenvalue weighted by Gasteiger charge is -2.29. The van der Waals surface area contributed by atoms with Gasteiger partial charge in [-0.2, -0.15) is 0 Å². The number of carbonyl (C=O) groups excluding carboxylic acids is 2. The molecule has 2 amide bonds. The first-order valence-corrected chi connectivity index (χ1v) is 16.7. The van der Waals surface area contributed by atoms with Gasteiger partial charge in [0.1, 0.15) is 11.4 Å². The SMILES string of the molecule is Cc1c(NC(=O)c2ccc(CN3CCC(C(=O)O)CC3)cn2)cccc1-c1cccc(NC(=O)c2ccc(CN3CCCC3)cn2)c1Cl. The highest BCUT2D eigenvalue weighted by Gasteiger charge is 2.24. The Morgan fingerprint density at radius 1 is 0.750 bits per heavy atom. The molecular weight excluding hydrogens is 628 g/mol. The monoisotopic (exact) mass is 666 g/mol. The van der Waals surface area contributed by atoms with E-state index in [9.17, 15) is 19.5 Å². The van der Waals surface area contributed by atoms with Gasteiger partial charge in [0.25, 0.3) is 11.8 Å². The molecule has 2 aliphatic rings. The standard InChI is InChI=1S/C37H39ClN6O4/c1-24-28(29-7-5-9-31(34(29)38)42-36(46)33-13-10-25(20-40-33)22-43-16-2-3-17-43)6-4-8-30(24)41-35(45)32-12-11-26(21-39-32)23-44-18-14-27(15-19-44)37(47)48/h4-13,20-21,27H,2-3,14-19,22-23H2,1H3,(H,41,45)(H,42,46)(H,47,48). The maximum absolute atomic E-state index is 13.2. The molecule has 2 saturated heterocycles. The van der Waals surface area contributed by atoms with Crippen molar-refractivity contribution in [1.29, 1.82) is 0 Å². The summed E-state index contributed by atoms with van der Waals surface area (Å²) in [5.41, 5.74) is 6.06. The first kappa shape index (κ1) is 33.3. The van der Waals surface area contributed by atoms with E-state index in [4.69, 9.17) is 11.6 Å². The van der Waals surface area contributed by atoms with E-state index in [0.29, 0.717) is 47.0 Å². The molecule has 4 aromatic rings. The lowest BCUT2D eigenvalue weighted by atomic mass is 9.97. The molecule has 2 aliphatic heterocycles. The summed E-state index contributed by atoms with van der Waals surface area (Å²) < 4.78 is 0. The molecule has 0 unspecified atom stereocenters. The number of amides is 2. The molecule has 2 aromatic carbocycles. The van der Waals surface area contributed by atoms with E-state index < -0.39 is 5.97 Å². The minimum atomic E-state index is -0.726. The van der Waals surface area contributed by atoms with Crippen molar-refractivity contribution in [1.82, 2.24) is 19.8 Å². The molecule has 10 nitrogen and oxygen atoms in total. The summed E-state index contributed by atoms with van der Waals surface area (Å²) in [5, 5.41) is 15.5. The zero-order valence-electron chi connectivity index (χ0n) is 26.9. The van der Waals surface area contributed by atoms with E-state index in [1.807, 2.05) is 49.4 Å². The van der Waals surface area contributed by atoms with Crippen molar-refractivity contribution in [2.45, 2.75) is 45.7 Å². The molecule has 0 atom stereocenters. The molecule has 2 aromatic heterocycles. The van der Waals surface area contributed by atoms with Crippen LogP contribution in [0.1, 0.15) is 63.4 Å². The van der Waals surface area contributed by atoms with Crippen LogP contribution >= 0.6 is 11.6 Å². The highest BCUT2D eigenvalue weighted by Crippen LogP contribution is 2.37. The van der Waals surface area contributed by atoms with Crippen LogP contribution in [0.3, 0.4) is 0 Å². The maximum atomic E-state index is 13.2. The predicted octanol–water partition coefficient (Wildman–Crippen LogP) is 6.50. The minimum Gasteiger partial charge on any atom is -0.481 e. The number of aromatic nitrogens is 2. The van der Waals surface area contributed by atoms with Crippen molar-refractivity contribution in [2.75, 3.05) is 36.8 Å². The Balaban J connectivity index is 1.09. The van der Waals surface area contributed by atoms with E-state index >= 15 is 0 Å². The summed E-state index contributed by atoms with van der Waals surface area (Å²) in [6.45, 7) is 7.03. The maximum Gasteiger partial charge on any atom is 0.306 e. The Kier molecular flexibility index (Phi) is 10.4. The van der Waals surface area contributed by atoms with Gasteiger partial charge in [-0.05, 0) is 105 Å². The van der Waals surface area contributed by atoms with Gasteiger partial charge < -0.3 is 15.7 Å². The van der Waals surface area contributed by atoms with Crippen LogP contribution in [0, 0.1) is 12.8 Å². The van der Waals surface area contributed by atoms with Crippen molar-refractivity contribution < 1.29 is 19.5 Å². The number of nitrogens with zero attached hydrogens (tertiary/aromatic N) is 4. The molecule has 0 bridgehead atoms. The third-order valence-corrected chi connectivity index (χ3v) is 9.59. The summed E-state index contributed by atoms with van der Waals surface area (Å²) in [5.74, 6) is -1.69. The second kappa shape index (κ2) is 15.1. The molecule has 0 radical (unpaired) electrons. The molecule has 0 spiro atoms. The fraction of sp³-hybridized carbons (Fsp3) is 0.324. The molecule has 0 saturated carbocycles. The van der Waals surface area contributed by atoms with Crippen molar-refractivity contribution in [2.24, 2.45) is 5.92 Å². The third kappa shape index (κ3) is 7.90. The normalized spacial score (nSPS) is 15.7. The smallest absolute Gasteiger partial charge is 0.306 e. The Morgan fingerprint density at radius 2 is 1.27 bits per heavy atom. The number of carbonyl (C=O) groups is 3. The highest BCUT2D eigenvalue weighted by atomic mass is 35.5. The van der Waals surface area contributed by atoms with E-state index in [1.54, 1.807) is 30.6 Å². The number of carboxylic acids is 1. The average Bonchev–Trinajstić information content (AvgIpc) is 3.61. The first-order valence-electron chi connectivity index (χ1n) is 16.3. The fourth-order valence-electron chi connectivity index (χ4n) is 6.37. The number of nitrogens with one attached hydrogen (secondary N) is 2. The summed E-state index contributed by atoms with van der Waals surface area (Å²) in [6.07, 6.45) is 7.17. The molecule has 48 heavy (non-hydrogen) atoms. The lowest BCUT2D eigenvalue weighted by Crippen LogP contribution is -2.35. The fourth-order valence-corrected chi connectivity index (χ4v) is 6.65. The largest absolute Gasteiger partial charge is 0.481 e. The quantitative estimate of drug-likeness (QED) is 0.175. The molecule has 248 valence electrons. The van der Waals surface area contributed by atoms with Crippen molar-refractivity contribution >= 4 is 40.8 Å². The Hall–Kier alpha value is -4.64. The van der Waals surface area contributed by atoms with Gasteiger partial charge in [0.15, 0.2) is 0 Å². The second-order valence-corrected chi connectivity index (χ2v) is 12.9. The van der Waals surface area contributed by atoms with Crippen molar-refractivity contribution in [3.05, 3.63) is 106 Å². The van der Waals surface area contributed by atoms with Crippen LogP contribution in [0.25, 0.3) is 11.1 Å². The molecule has 11 heteroatoms. The minimum absolute atomic E-state index is 0.274. The van der Waals surface area contributed by atoms with Crippen LogP contribution in [0.2, 0.25) is 5.02 Å². The summed E-state index contributed by atoms with van der Waals surface area (Å²) in [4.78, 5) is 50.9. The zero-order valence-corrected chi connectivity index (χ0v) is 27.7. The number of likely N-dealkylation sites (tertiary alicyclic amines) is 2. The van der Waals surface area contributed by atoms with E-state index in [0.717, 1.165) is 55.0 Å². The van der Waals surface area contributed by atoms with Gasteiger partial charge in [0.05, 0.1) is 16.6 Å². The molecule has 3 N–H and O–H groups in total. The molecule has 2 fully saturated rings. The summed E-state index contributed by atoms with van der Waals surface area (Å²) >= 11 is 6.86. The van der Waals surface area contributed by atoms with Crippen LogP contribution in [-0.2, 0) is 17.9 Å². The van der Waals surface area contributed by atoms with Crippen molar-refractivity contribution in [3.8, 4) is 11.1 Å². The van der Waals surface area contributed by atoms with Crippen LogP contribution in [0.4, 0.5) is 11.4 Å². The summed E-state index contributed by atoms with van der Waals surface area (Å²) in [7, 11) is 0. The van der Waals surface area contributed by atoms with Crippen molar-refractivity contribution in [3.63, 3.8) is 0 Å². The van der Waals surface area contributed by atoms with Crippen LogP contribution in [0.15, 0.2) is 73.1 Å². The van der Waals surface area contributed by atoms with E-state index in [-0.39, 0.29) is 23.4 Å². The van der Waals surface area contributed by atoms with E-state index in [2.05, 4.69) is 30.4 Å². The number of pyridine rings is 2.